The Morgan fingerprint density at radius 1 is 1.50 bits per heavy atom. The molecule has 1 fully saturated rings. The summed E-state index contributed by atoms with van der Waals surface area (Å²) in [5.41, 5.74) is 0. The summed E-state index contributed by atoms with van der Waals surface area (Å²) in [5, 5.41) is 21.9. The van der Waals surface area contributed by atoms with E-state index in [9.17, 15) is 10.2 Å². The van der Waals surface area contributed by atoms with Gasteiger partial charge in [0.1, 0.15) is 0 Å². The minimum atomic E-state index is -0.266. The molecule has 0 aromatic carbocycles. The average molecular weight is 173 g/mol. The highest BCUT2D eigenvalue weighted by atomic mass is 16.3. The molecule has 3 atom stereocenters. The van der Waals surface area contributed by atoms with E-state index in [0.717, 1.165) is 25.7 Å². The zero-order valence-corrected chi connectivity index (χ0v) is 7.66. The molecular formula is C9H19NO2. The van der Waals surface area contributed by atoms with Crippen LogP contribution in [0.15, 0.2) is 0 Å². The van der Waals surface area contributed by atoms with Gasteiger partial charge in [-0.15, -0.1) is 0 Å². The van der Waals surface area contributed by atoms with Crippen LogP contribution in [-0.2, 0) is 0 Å². The molecule has 1 rings (SSSR count). The van der Waals surface area contributed by atoms with E-state index in [4.69, 9.17) is 0 Å². The molecule has 3 heteroatoms. The van der Waals surface area contributed by atoms with Crippen molar-refractivity contribution in [2.75, 3.05) is 6.54 Å². The van der Waals surface area contributed by atoms with Gasteiger partial charge in [0.05, 0.1) is 12.2 Å². The Bertz CT molecular complexity index is 130. The van der Waals surface area contributed by atoms with E-state index in [-0.39, 0.29) is 18.2 Å². The van der Waals surface area contributed by atoms with Crippen molar-refractivity contribution in [3.8, 4) is 0 Å². The molecule has 3 nitrogen and oxygen atoms in total. The maximum Gasteiger partial charge on any atom is 0.0693 e. The Labute approximate surface area is 73.8 Å². The van der Waals surface area contributed by atoms with Gasteiger partial charge in [-0.05, 0) is 25.7 Å². The van der Waals surface area contributed by atoms with Gasteiger partial charge in [-0.2, -0.15) is 0 Å². The van der Waals surface area contributed by atoms with Crippen molar-refractivity contribution in [3.05, 3.63) is 0 Å². The molecule has 0 amide bonds. The van der Waals surface area contributed by atoms with Crippen molar-refractivity contribution in [3.63, 3.8) is 0 Å². The van der Waals surface area contributed by atoms with Crippen LogP contribution in [0.5, 0.6) is 0 Å². The number of aliphatic hydroxyl groups is 2. The summed E-state index contributed by atoms with van der Waals surface area (Å²) in [6.07, 6.45) is 3.35. The van der Waals surface area contributed by atoms with Crippen LogP contribution in [0.3, 0.4) is 0 Å². The molecule has 3 unspecified atom stereocenters. The maximum atomic E-state index is 9.43. The molecule has 0 aliphatic heterocycles. The van der Waals surface area contributed by atoms with Gasteiger partial charge in [-0.1, -0.05) is 6.92 Å². The van der Waals surface area contributed by atoms with Crippen molar-refractivity contribution in [2.24, 2.45) is 0 Å². The summed E-state index contributed by atoms with van der Waals surface area (Å²) >= 11 is 0. The third-order valence-corrected chi connectivity index (χ3v) is 2.57. The molecule has 0 spiro atoms. The summed E-state index contributed by atoms with van der Waals surface area (Å²) in [6.45, 7) is 2.57. The van der Waals surface area contributed by atoms with Crippen molar-refractivity contribution in [1.82, 2.24) is 5.32 Å². The molecule has 1 aliphatic rings. The Morgan fingerprint density at radius 3 is 2.75 bits per heavy atom. The highest BCUT2D eigenvalue weighted by Crippen LogP contribution is 2.18. The molecule has 72 valence electrons. The summed E-state index contributed by atoms with van der Waals surface area (Å²) < 4.78 is 0. The van der Waals surface area contributed by atoms with E-state index in [1.54, 1.807) is 0 Å². The van der Waals surface area contributed by atoms with Gasteiger partial charge in [0.15, 0.2) is 0 Å². The SMILES string of the molecule is CCC(O)CNC1CCCC1O. The smallest absolute Gasteiger partial charge is 0.0693 e. The minimum Gasteiger partial charge on any atom is -0.392 e. The largest absolute Gasteiger partial charge is 0.392 e. The normalized spacial score (nSPS) is 32.2. The van der Waals surface area contributed by atoms with Crippen LogP contribution in [0.2, 0.25) is 0 Å². The fraction of sp³-hybridized carbons (Fsp3) is 1.00. The first-order valence-electron chi connectivity index (χ1n) is 4.83. The first kappa shape index (κ1) is 9.96. The van der Waals surface area contributed by atoms with Gasteiger partial charge in [-0.25, -0.2) is 0 Å². The molecule has 0 heterocycles. The van der Waals surface area contributed by atoms with Crippen LogP contribution >= 0.6 is 0 Å². The number of aliphatic hydroxyl groups excluding tert-OH is 2. The lowest BCUT2D eigenvalue weighted by Gasteiger charge is -2.18. The Morgan fingerprint density at radius 2 is 2.25 bits per heavy atom. The third kappa shape index (κ3) is 2.73. The number of hydrogen-bond acceptors (Lipinski definition) is 3. The van der Waals surface area contributed by atoms with E-state index in [1.165, 1.54) is 0 Å². The molecule has 3 N–H and O–H groups in total. The fourth-order valence-electron chi connectivity index (χ4n) is 1.61. The van der Waals surface area contributed by atoms with Crippen molar-refractivity contribution in [1.29, 1.82) is 0 Å². The quantitative estimate of drug-likeness (QED) is 0.571. The number of rotatable bonds is 4. The third-order valence-electron chi connectivity index (χ3n) is 2.57. The lowest BCUT2D eigenvalue weighted by atomic mass is 10.2. The predicted octanol–water partition coefficient (Wildman–Crippen LogP) is 0.260. The van der Waals surface area contributed by atoms with E-state index in [1.807, 2.05) is 6.92 Å². The summed E-state index contributed by atoms with van der Waals surface area (Å²) in [4.78, 5) is 0. The van der Waals surface area contributed by atoms with E-state index < -0.39 is 0 Å². The molecule has 1 saturated carbocycles. The summed E-state index contributed by atoms with van der Waals surface area (Å²) in [6, 6.07) is 0.214. The summed E-state index contributed by atoms with van der Waals surface area (Å²) in [7, 11) is 0. The predicted molar refractivity (Wildman–Crippen MR) is 47.9 cm³/mol. The van der Waals surface area contributed by atoms with Crippen molar-refractivity contribution in [2.45, 2.75) is 50.9 Å². The van der Waals surface area contributed by atoms with Crippen LogP contribution in [0.4, 0.5) is 0 Å². The van der Waals surface area contributed by atoms with Crippen molar-refractivity contribution >= 4 is 0 Å². The number of hydrogen-bond donors (Lipinski definition) is 3. The van der Waals surface area contributed by atoms with E-state index in [2.05, 4.69) is 5.32 Å². The summed E-state index contributed by atoms with van der Waals surface area (Å²) in [5.74, 6) is 0. The van der Waals surface area contributed by atoms with Gasteiger partial charge in [-0.3, -0.25) is 0 Å². The van der Waals surface area contributed by atoms with Gasteiger partial charge in [0, 0.05) is 12.6 Å². The molecule has 0 radical (unpaired) electrons. The minimum absolute atomic E-state index is 0.200. The maximum absolute atomic E-state index is 9.43. The fourth-order valence-corrected chi connectivity index (χ4v) is 1.61. The Balaban J connectivity index is 2.13. The zero-order valence-electron chi connectivity index (χ0n) is 7.66. The standard InChI is InChI=1S/C9H19NO2/c1-2-7(11)6-10-8-4-3-5-9(8)12/h7-12H,2-6H2,1H3. The molecule has 0 aromatic heterocycles. The molecule has 0 aromatic rings. The second kappa shape index (κ2) is 4.80. The molecule has 0 bridgehead atoms. The lowest BCUT2D eigenvalue weighted by Crippen LogP contribution is -2.39. The van der Waals surface area contributed by atoms with Crippen LogP contribution in [-0.4, -0.2) is 35.0 Å². The first-order valence-corrected chi connectivity index (χ1v) is 4.83. The Kier molecular flexibility index (Phi) is 3.98. The van der Waals surface area contributed by atoms with E-state index >= 15 is 0 Å². The van der Waals surface area contributed by atoms with Crippen molar-refractivity contribution < 1.29 is 10.2 Å². The molecule has 1 aliphatic carbocycles. The van der Waals surface area contributed by atoms with Gasteiger partial charge < -0.3 is 15.5 Å². The van der Waals surface area contributed by atoms with Crippen LogP contribution < -0.4 is 5.32 Å². The van der Waals surface area contributed by atoms with E-state index in [0.29, 0.717) is 6.54 Å². The topological polar surface area (TPSA) is 52.5 Å². The monoisotopic (exact) mass is 173 g/mol. The Hall–Kier alpha value is -0.120. The molecular weight excluding hydrogens is 154 g/mol. The zero-order chi connectivity index (χ0) is 8.97. The van der Waals surface area contributed by atoms with Crippen LogP contribution in [0, 0.1) is 0 Å². The van der Waals surface area contributed by atoms with Gasteiger partial charge in [0.2, 0.25) is 0 Å². The lowest BCUT2D eigenvalue weighted by molar-refractivity contribution is 0.125. The highest BCUT2D eigenvalue weighted by Gasteiger charge is 2.24. The van der Waals surface area contributed by atoms with Gasteiger partial charge >= 0.3 is 0 Å². The highest BCUT2D eigenvalue weighted by molar-refractivity contribution is 4.82. The first-order chi connectivity index (χ1) is 5.74. The molecule has 12 heavy (non-hydrogen) atoms. The van der Waals surface area contributed by atoms with Crippen LogP contribution in [0.1, 0.15) is 32.6 Å². The average Bonchev–Trinajstić information content (AvgIpc) is 2.47. The molecule has 0 saturated heterocycles. The van der Waals surface area contributed by atoms with Crippen LogP contribution in [0.25, 0.3) is 0 Å². The van der Waals surface area contributed by atoms with Gasteiger partial charge in [0.25, 0.3) is 0 Å². The number of nitrogens with one attached hydrogen (secondary N) is 1. The second-order valence-corrected chi connectivity index (χ2v) is 3.58. The second-order valence-electron chi connectivity index (χ2n) is 3.58.